The van der Waals surface area contributed by atoms with Crippen molar-refractivity contribution in [2.75, 3.05) is 18.5 Å². The Morgan fingerprint density at radius 1 is 1.15 bits per heavy atom. The standard InChI is InChI=1S/C25H26N4O4/c1-15(25(32)33)26-21(30)12-14-28-20-10-6-3-7-16(20)17-11-13-29-23(22(17)28)27(2)19-9-5-4-8-18(19)24(29)31/h3-10,15,23H,11-14H2,1-2H3,(H,26,30)(H,32,33)/t15-,23?/m0/s1. The highest BCUT2D eigenvalue weighted by molar-refractivity contribution is 6.02. The highest BCUT2D eigenvalue weighted by Gasteiger charge is 2.42. The van der Waals surface area contributed by atoms with Crippen LogP contribution in [0.4, 0.5) is 5.69 Å². The summed E-state index contributed by atoms with van der Waals surface area (Å²) >= 11 is 0. The van der Waals surface area contributed by atoms with E-state index in [0.717, 1.165) is 28.7 Å². The first kappa shape index (κ1) is 21.1. The third-order valence-corrected chi connectivity index (χ3v) is 6.72. The summed E-state index contributed by atoms with van der Waals surface area (Å²) in [7, 11) is 2.00. The van der Waals surface area contributed by atoms with Gasteiger partial charge in [0.05, 0.1) is 16.9 Å². The fraction of sp³-hybridized carbons (Fsp3) is 0.320. The smallest absolute Gasteiger partial charge is 0.325 e. The van der Waals surface area contributed by atoms with Crippen LogP contribution in [0.15, 0.2) is 48.5 Å². The molecular weight excluding hydrogens is 420 g/mol. The molecule has 1 aromatic heterocycles. The molecule has 8 heteroatoms. The molecule has 2 amide bonds. The summed E-state index contributed by atoms with van der Waals surface area (Å²) in [6.07, 6.45) is 0.608. The molecule has 2 atom stereocenters. The van der Waals surface area contributed by atoms with E-state index in [1.165, 1.54) is 12.5 Å². The Kier molecular flexibility index (Phi) is 5.08. The summed E-state index contributed by atoms with van der Waals surface area (Å²) in [6, 6.07) is 14.8. The summed E-state index contributed by atoms with van der Waals surface area (Å²) in [6.45, 7) is 2.47. The Labute approximate surface area is 191 Å². The molecule has 0 bridgehead atoms. The molecule has 2 aliphatic heterocycles. The Morgan fingerprint density at radius 3 is 2.67 bits per heavy atom. The van der Waals surface area contributed by atoms with Crippen molar-refractivity contribution in [3.05, 3.63) is 65.4 Å². The van der Waals surface area contributed by atoms with Gasteiger partial charge >= 0.3 is 5.97 Å². The molecule has 1 unspecified atom stereocenters. The minimum absolute atomic E-state index is 0.0178. The summed E-state index contributed by atoms with van der Waals surface area (Å²) in [5, 5.41) is 12.7. The Morgan fingerprint density at radius 2 is 1.88 bits per heavy atom. The molecule has 0 aliphatic carbocycles. The molecule has 8 nitrogen and oxygen atoms in total. The molecule has 33 heavy (non-hydrogen) atoms. The number of aliphatic carboxylic acids is 1. The second-order valence-corrected chi connectivity index (χ2v) is 8.66. The number of benzene rings is 2. The van der Waals surface area contributed by atoms with Gasteiger partial charge in [0.2, 0.25) is 5.91 Å². The number of fused-ring (bicyclic) bond motifs is 6. The van der Waals surface area contributed by atoms with E-state index in [2.05, 4.69) is 20.9 Å². The first-order valence-corrected chi connectivity index (χ1v) is 11.1. The van der Waals surface area contributed by atoms with Crippen molar-refractivity contribution in [2.24, 2.45) is 0 Å². The maximum absolute atomic E-state index is 13.4. The van der Waals surface area contributed by atoms with E-state index >= 15 is 0 Å². The molecule has 0 saturated heterocycles. The van der Waals surface area contributed by atoms with Crippen LogP contribution < -0.4 is 10.2 Å². The highest BCUT2D eigenvalue weighted by atomic mass is 16.4. The van der Waals surface area contributed by atoms with E-state index in [0.29, 0.717) is 18.7 Å². The highest BCUT2D eigenvalue weighted by Crippen LogP contribution is 2.44. The maximum Gasteiger partial charge on any atom is 0.325 e. The quantitative estimate of drug-likeness (QED) is 0.629. The molecule has 2 N–H and O–H groups in total. The Bertz CT molecular complexity index is 1280. The molecule has 2 aromatic carbocycles. The maximum atomic E-state index is 13.4. The third-order valence-electron chi connectivity index (χ3n) is 6.72. The number of carboxylic acid groups (broad SMARTS) is 1. The number of carboxylic acids is 1. The molecule has 3 heterocycles. The summed E-state index contributed by atoms with van der Waals surface area (Å²) in [5.41, 5.74) is 4.83. The van der Waals surface area contributed by atoms with Gasteiger partial charge in [-0.1, -0.05) is 30.3 Å². The van der Waals surface area contributed by atoms with Crippen LogP contribution in [0.3, 0.4) is 0 Å². The minimum Gasteiger partial charge on any atom is -0.480 e. The van der Waals surface area contributed by atoms with Gasteiger partial charge in [0.15, 0.2) is 0 Å². The van der Waals surface area contributed by atoms with Crippen LogP contribution in [0.25, 0.3) is 10.9 Å². The predicted octanol–water partition coefficient (Wildman–Crippen LogP) is 2.77. The number of nitrogens with one attached hydrogen (secondary N) is 1. The van der Waals surface area contributed by atoms with Crippen molar-refractivity contribution in [2.45, 2.75) is 38.5 Å². The zero-order valence-corrected chi connectivity index (χ0v) is 18.6. The fourth-order valence-electron chi connectivity index (χ4n) is 5.14. The molecular formula is C25H26N4O4. The van der Waals surface area contributed by atoms with Gasteiger partial charge in [-0.25, -0.2) is 0 Å². The lowest BCUT2D eigenvalue weighted by atomic mass is 9.96. The van der Waals surface area contributed by atoms with Gasteiger partial charge in [0.1, 0.15) is 12.2 Å². The van der Waals surface area contributed by atoms with Crippen LogP contribution in [0.5, 0.6) is 0 Å². The monoisotopic (exact) mass is 446 g/mol. The first-order chi connectivity index (χ1) is 15.9. The van der Waals surface area contributed by atoms with Gasteiger partial charge in [-0.2, -0.15) is 0 Å². The van der Waals surface area contributed by atoms with Crippen molar-refractivity contribution < 1.29 is 19.5 Å². The van der Waals surface area contributed by atoms with Gasteiger partial charge in [-0.05, 0) is 37.1 Å². The lowest BCUT2D eigenvalue weighted by molar-refractivity contribution is -0.141. The van der Waals surface area contributed by atoms with Crippen molar-refractivity contribution >= 4 is 34.4 Å². The molecule has 0 saturated carbocycles. The zero-order chi connectivity index (χ0) is 23.3. The fourth-order valence-corrected chi connectivity index (χ4v) is 5.14. The average molecular weight is 447 g/mol. The van der Waals surface area contributed by atoms with Crippen LogP contribution >= 0.6 is 0 Å². The van der Waals surface area contributed by atoms with Crippen LogP contribution in [0.1, 0.15) is 41.1 Å². The topological polar surface area (TPSA) is 94.9 Å². The van der Waals surface area contributed by atoms with Crippen molar-refractivity contribution in [3.63, 3.8) is 0 Å². The normalized spacial score (nSPS) is 17.9. The van der Waals surface area contributed by atoms with E-state index in [1.54, 1.807) is 0 Å². The van der Waals surface area contributed by atoms with Gasteiger partial charge in [0, 0.05) is 37.5 Å². The number of anilines is 1. The van der Waals surface area contributed by atoms with E-state index < -0.39 is 12.0 Å². The van der Waals surface area contributed by atoms with Crippen LogP contribution in [-0.4, -0.2) is 52.0 Å². The summed E-state index contributed by atoms with van der Waals surface area (Å²) in [5.74, 6) is -1.37. The molecule has 2 aliphatic rings. The molecule has 3 aromatic rings. The van der Waals surface area contributed by atoms with Gasteiger partial charge in [0.25, 0.3) is 5.91 Å². The predicted molar refractivity (Wildman–Crippen MR) is 124 cm³/mol. The summed E-state index contributed by atoms with van der Waals surface area (Å²) < 4.78 is 2.13. The van der Waals surface area contributed by atoms with Crippen LogP contribution in [0.2, 0.25) is 0 Å². The van der Waals surface area contributed by atoms with Gasteiger partial charge in [-0.3, -0.25) is 14.4 Å². The second-order valence-electron chi connectivity index (χ2n) is 8.66. The van der Waals surface area contributed by atoms with Crippen LogP contribution in [-0.2, 0) is 22.6 Å². The molecule has 170 valence electrons. The summed E-state index contributed by atoms with van der Waals surface area (Å²) in [4.78, 5) is 41.0. The first-order valence-electron chi connectivity index (χ1n) is 11.1. The number of para-hydroxylation sites is 2. The van der Waals surface area contributed by atoms with Crippen LogP contribution in [0, 0.1) is 0 Å². The van der Waals surface area contributed by atoms with Crippen molar-refractivity contribution in [1.82, 2.24) is 14.8 Å². The number of aryl methyl sites for hydroxylation is 1. The number of nitrogens with zero attached hydrogens (tertiary/aromatic N) is 3. The minimum atomic E-state index is -1.07. The lowest BCUT2D eigenvalue weighted by Gasteiger charge is -2.46. The number of carbonyl (C=O) groups is 3. The van der Waals surface area contributed by atoms with E-state index in [-0.39, 0.29) is 24.4 Å². The number of rotatable bonds is 5. The number of aromatic nitrogens is 1. The Balaban J connectivity index is 1.57. The Hall–Kier alpha value is -3.81. The van der Waals surface area contributed by atoms with E-state index in [4.69, 9.17) is 5.11 Å². The van der Waals surface area contributed by atoms with Gasteiger partial charge < -0.3 is 24.8 Å². The third kappa shape index (κ3) is 3.33. The SMILES string of the molecule is C[C@H](NC(=O)CCn1c2c(c3ccccc31)CCN1C(=O)c3ccccc3N(C)C21)C(=O)O. The number of hydrogen-bond donors (Lipinski definition) is 2. The number of amides is 2. The zero-order valence-electron chi connectivity index (χ0n) is 18.6. The van der Waals surface area contributed by atoms with E-state index in [9.17, 15) is 14.4 Å². The van der Waals surface area contributed by atoms with Gasteiger partial charge in [-0.15, -0.1) is 0 Å². The largest absolute Gasteiger partial charge is 0.480 e. The lowest BCUT2D eigenvalue weighted by Crippen LogP contribution is -2.51. The molecule has 0 spiro atoms. The van der Waals surface area contributed by atoms with E-state index in [1.807, 2.05) is 54.4 Å². The molecule has 0 fully saturated rings. The molecule has 5 rings (SSSR count). The van der Waals surface area contributed by atoms with Crippen molar-refractivity contribution in [3.8, 4) is 0 Å². The number of hydrogen-bond acceptors (Lipinski definition) is 4. The van der Waals surface area contributed by atoms with Crippen molar-refractivity contribution in [1.29, 1.82) is 0 Å². The number of carbonyl (C=O) groups excluding carboxylic acids is 2. The molecule has 0 radical (unpaired) electrons. The second kappa shape index (κ2) is 7.95. The average Bonchev–Trinajstić information content (AvgIpc) is 3.14.